The summed E-state index contributed by atoms with van der Waals surface area (Å²) in [5.41, 5.74) is 4.96. The Balaban J connectivity index is 0.00000124. The Hall–Kier alpha value is -4.43. The van der Waals surface area contributed by atoms with E-state index in [4.69, 9.17) is 16.4 Å². The molecule has 1 aliphatic rings. The molecule has 1 fully saturated rings. The van der Waals surface area contributed by atoms with Crippen molar-refractivity contribution in [2.24, 2.45) is 5.73 Å². The third-order valence-corrected chi connectivity index (χ3v) is 6.61. The molecular weight excluding hydrogens is 565 g/mol. The minimum atomic E-state index is -2.95. The number of carbonyl (C=O) groups is 2. The number of nitrogens with two attached hydrogens (primary N) is 1. The van der Waals surface area contributed by atoms with Gasteiger partial charge in [0, 0.05) is 53.3 Å². The van der Waals surface area contributed by atoms with Crippen molar-refractivity contribution in [2.45, 2.75) is 32.2 Å². The first kappa shape index (κ1) is 29.6. The molecule has 214 valence electrons. The highest BCUT2D eigenvalue weighted by molar-refractivity contribution is 6.31. The Morgan fingerprint density at radius 2 is 1.88 bits per heavy atom. The zero-order valence-electron chi connectivity index (χ0n) is 21.6. The molecule has 0 spiro atoms. The van der Waals surface area contributed by atoms with Crippen LogP contribution < -0.4 is 10.6 Å². The highest BCUT2D eigenvalue weighted by Gasteiger charge is 2.26. The number of primary amides is 1. The van der Waals surface area contributed by atoms with Gasteiger partial charge in [-0.15, -0.1) is 0 Å². The smallest absolute Gasteiger partial charge is 0.264 e. The number of carbonyl (C=O) groups excluding carboxylic acids is 2. The number of aromatic nitrogens is 6. The van der Waals surface area contributed by atoms with Gasteiger partial charge in [0.15, 0.2) is 5.82 Å². The predicted molar refractivity (Wildman–Crippen MR) is 142 cm³/mol. The number of aryl methyl sites for hydroxylation is 1. The number of hydrogen-bond donors (Lipinski definition) is 2. The van der Waals surface area contributed by atoms with Gasteiger partial charge in [0.05, 0.1) is 41.6 Å². The van der Waals surface area contributed by atoms with Crippen molar-refractivity contribution in [2.75, 3.05) is 18.1 Å². The Morgan fingerprint density at radius 1 is 1.15 bits per heavy atom. The van der Waals surface area contributed by atoms with Gasteiger partial charge >= 0.3 is 0 Å². The number of alkyl halides is 2. The molecule has 0 saturated carbocycles. The van der Waals surface area contributed by atoms with Gasteiger partial charge in [0.25, 0.3) is 6.43 Å². The van der Waals surface area contributed by atoms with E-state index in [1.807, 2.05) is 0 Å². The lowest BCUT2D eigenvalue weighted by Gasteiger charge is -2.19. The van der Waals surface area contributed by atoms with Crippen LogP contribution >= 0.6 is 11.6 Å². The van der Waals surface area contributed by atoms with E-state index in [2.05, 4.69) is 30.8 Å². The number of anilines is 1. The van der Waals surface area contributed by atoms with E-state index >= 15 is 0 Å². The van der Waals surface area contributed by atoms with Crippen LogP contribution in [0.4, 0.5) is 19.1 Å². The van der Waals surface area contributed by atoms with Crippen molar-refractivity contribution in [3.05, 3.63) is 70.8 Å². The Bertz CT molecular complexity index is 1570. The minimum absolute atomic E-state index is 0.0331. The van der Waals surface area contributed by atoms with Crippen LogP contribution in [-0.4, -0.2) is 60.3 Å². The molecule has 3 aromatic heterocycles. The van der Waals surface area contributed by atoms with Crippen molar-refractivity contribution in [3.63, 3.8) is 0 Å². The summed E-state index contributed by atoms with van der Waals surface area (Å²) in [7, 11) is 0. The molecule has 1 saturated heterocycles. The van der Waals surface area contributed by atoms with E-state index in [0.717, 1.165) is 18.6 Å². The van der Waals surface area contributed by atoms with Crippen molar-refractivity contribution in [1.82, 2.24) is 29.7 Å². The van der Waals surface area contributed by atoms with Crippen LogP contribution in [0.15, 0.2) is 43.1 Å². The van der Waals surface area contributed by atoms with E-state index in [0.29, 0.717) is 35.7 Å². The quantitative estimate of drug-likeness (QED) is 0.310. The number of benzene rings is 1. The lowest BCUT2D eigenvalue weighted by Crippen LogP contribution is -2.27. The molecule has 4 heterocycles. The fourth-order valence-electron chi connectivity index (χ4n) is 4.38. The number of aliphatic hydroxyl groups is 1. The van der Waals surface area contributed by atoms with Crippen LogP contribution in [-0.2, 0) is 9.59 Å². The molecule has 2 amide bonds. The third kappa shape index (κ3) is 6.18. The van der Waals surface area contributed by atoms with Crippen molar-refractivity contribution < 1.29 is 27.9 Å². The van der Waals surface area contributed by atoms with Crippen LogP contribution in [0.5, 0.6) is 0 Å². The standard InChI is InChI=1S/C25H21ClF3N7O2.CH3NO/c1-13-16(8-31-25(33-13)35-6-2-3-21(35)38)20(12-37)36-11-14(7-32-36)18-9-30-10-19(34-18)22-15(24(28)29)4-5-17(26)23(22)27;2-1-3/h4-5,7-11,20,24,37H,2-3,6,12H2,1H3;1H,(H2,2,3). The fraction of sp³-hybridized carbons (Fsp3) is 0.269. The summed E-state index contributed by atoms with van der Waals surface area (Å²) in [5, 5.41) is 14.2. The maximum atomic E-state index is 14.8. The number of nitrogens with zero attached hydrogens (tertiary/aromatic N) is 7. The van der Waals surface area contributed by atoms with Gasteiger partial charge in [-0.05, 0) is 19.4 Å². The molecule has 41 heavy (non-hydrogen) atoms. The molecule has 1 atom stereocenters. The SMILES string of the molecule is Cc1nc(N2CCCC2=O)ncc1C(CO)n1cc(-c2cncc(-c3c(C(F)F)ccc(Cl)c3F)n2)cn1.NC=O. The normalized spacial score (nSPS) is 13.7. The van der Waals surface area contributed by atoms with Gasteiger partial charge in [0.2, 0.25) is 18.3 Å². The molecule has 4 aromatic rings. The van der Waals surface area contributed by atoms with Crippen LogP contribution in [0.3, 0.4) is 0 Å². The fourth-order valence-corrected chi connectivity index (χ4v) is 4.54. The molecule has 5 rings (SSSR count). The summed E-state index contributed by atoms with van der Waals surface area (Å²) in [6.45, 7) is 1.98. The first-order chi connectivity index (χ1) is 19.7. The van der Waals surface area contributed by atoms with Crippen LogP contribution in [0.25, 0.3) is 22.5 Å². The first-order valence-corrected chi connectivity index (χ1v) is 12.6. The average molecular weight is 589 g/mol. The number of aliphatic hydroxyl groups excluding tert-OH is 1. The van der Waals surface area contributed by atoms with E-state index in [1.165, 1.54) is 28.2 Å². The van der Waals surface area contributed by atoms with E-state index in [9.17, 15) is 23.1 Å². The lowest BCUT2D eigenvalue weighted by atomic mass is 10.0. The summed E-state index contributed by atoms with van der Waals surface area (Å²) in [6.07, 6.45) is 5.68. The van der Waals surface area contributed by atoms with Gasteiger partial charge in [-0.2, -0.15) is 5.10 Å². The lowest BCUT2D eigenvalue weighted by molar-refractivity contribution is -0.117. The molecule has 1 aromatic carbocycles. The molecular formula is C26H24ClF3N8O3. The molecule has 1 unspecified atom stereocenters. The van der Waals surface area contributed by atoms with E-state index in [1.54, 1.807) is 19.3 Å². The highest BCUT2D eigenvalue weighted by Crippen LogP contribution is 2.36. The highest BCUT2D eigenvalue weighted by atomic mass is 35.5. The summed E-state index contributed by atoms with van der Waals surface area (Å²) >= 11 is 5.84. The number of halogens is 4. The summed E-state index contributed by atoms with van der Waals surface area (Å²) in [4.78, 5) is 39.3. The Labute approximate surface area is 236 Å². The Morgan fingerprint density at radius 3 is 2.51 bits per heavy atom. The third-order valence-electron chi connectivity index (χ3n) is 6.32. The van der Waals surface area contributed by atoms with Gasteiger partial charge in [0.1, 0.15) is 6.04 Å². The van der Waals surface area contributed by atoms with E-state index < -0.39 is 29.4 Å². The van der Waals surface area contributed by atoms with Crippen molar-refractivity contribution in [1.29, 1.82) is 0 Å². The van der Waals surface area contributed by atoms with Crippen molar-refractivity contribution in [3.8, 4) is 22.5 Å². The number of hydrogen-bond acceptors (Lipinski definition) is 8. The van der Waals surface area contributed by atoms with Gasteiger partial charge < -0.3 is 10.8 Å². The second-order valence-corrected chi connectivity index (χ2v) is 9.23. The summed E-state index contributed by atoms with van der Waals surface area (Å²) in [5.74, 6) is -0.731. The molecule has 11 nitrogen and oxygen atoms in total. The second-order valence-electron chi connectivity index (χ2n) is 8.82. The molecule has 0 aliphatic carbocycles. The first-order valence-electron chi connectivity index (χ1n) is 12.2. The monoisotopic (exact) mass is 588 g/mol. The van der Waals surface area contributed by atoms with Gasteiger partial charge in [-0.1, -0.05) is 17.7 Å². The summed E-state index contributed by atoms with van der Waals surface area (Å²) < 4.78 is 43.4. The van der Waals surface area contributed by atoms with Crippen molar-refractivity contribution >= 4 is 29.9 Å². The van der Waals surface area contributed by atoms with Crippen LogP contribution in [0.2, 0.25) is 5.02 Å². The van der Waals surface area contributed by atoms with Crippen LogP contribution in [0.1, 0.15) is 42.1 Å². The maximum absolute atomic E-state index is 14.8. The maximum Gasteiger partial charge on any atom is 0.264 e. The molecule has 3 N–H and O–H groups in total. The molecule has 0 bridgehead atoms. The van der Waals surface area contributed by atoms with E-state index in [-0.39, 0.29) is 35.3 Å². The van der Waals surface area contributed by atoms with Crippen LogP contribution in [0, 0.1) is 12.7 Å². The zero-order valence-corrected chi connectivity index (χ0v) is 22.3. The zero-order chi connectivity index (χ0) is 29.7. The molecule has 0 radical (unpaired) electrons. The average Bonchev–Trinajstić information content (AvgIpc) is 3.61. The largest absolute Gasteiger partial charge is 0.394 e. The summed E-state index contributed by atoms with van der Waals surface area (Å²) in [6, 6.07) is 1.47. The second kappa shape index (κ2) is 12.8. The minimum Gasteiger partial charge on any atom is -0.394 e. The number of rotatable bonds is 7. The number of amides is 2. The van der Waals surface area contributed by atoms with Gasteiger partial charge in [-0.25, -0.2) is 28.1 Å². The molecule has 1 aliphatic heterocycles. The van der Waals surface area contributed by atoms with Gasteiger partial charge in [-0.3, -0.25) is 24.2 Å². The molecule has 15 heteroatoms. The Kier molecular flexibility index (Phi) is 9.24. The predicted octanol–water partition coefficient (Wildman–Crippen LogP) is 3.65. The topological polar surface area (TPSA) is 153 Å².